The van der Waals surface area contributed by atoms with E-state index in [0.29, 0.717) is 6.04 Å². The molecule has 2 N–H and O–H groups in total. The van der Waals surface area contributed by atoms with Gasteiger partial charge in [-0.25, -0.2) is 4.98 Å². The Balaban J connectivity index is 1.86. The van der Waals surface area contributed by atoms with Crippen LogP contribution in [-0.2, 0) is 6.54 Å². The van der Waals surface area contributed by atoms with E-state index in [1.165, 1.54) is 38.0 Å². The van der Waals surface area contributed by atoms with Crippen molar-refractivity contribution in [1.29, 1.82) is 0 Å². The lowest BCUT2D eigenvalue weighted by atomic mass is 9.93. The third kappa shape index (κ3) is 3.33. The van der Waals surface area contributed by atoms with Crippen molar-refractivity contribution in [2.75, 3.05) is 19.6 Å². The summed E-state index contributed by atoms with van der Waals surface area (Å²) >= 11 is 0. The fourth-order valence-corrected chi connectivity index (χ4v) is 2.82. The maximum absolute atomic E-state index is 5.63. The molecule has 4 heteroatoms. The monoisotopic (exact) mass is 250 g/mol. The van der Waals surface area contributed by atoms with Crippen LogP contribution in [0.25, 0.3) is 0 Å². The molecule has 2 heterocycles. The molecule has 1 aromatic rings. The number of piperidine rings is 1. The van der Waals surface area contributed by atoms with E-state index in [2.05, 4.69) is 28.3 Å². The van der Waals surface area contributed by atoms with Crippen LogP contribution in [-0.4, -0.2) is 34.1 Å². The minimum Gasteiger partial charge on any atom is -0.331 e. The van der Waals surface area contributed by atoms with Gasteiger partial charge in [-0.15, -0.1) is 0 Å². The third-order valence-corrected chi connectivity index (χ3v) is 3.97. The van der Waals surface area contributed by atoms with E-state index < -0.39 is 0 Å². The Labute approximate surface area is 110 Å². The molecule has 0 spiro atoms. The Hall–Kier alpha value is -0.870. The van der Waals surface area contributed by atoms with Gasteiger partial charge in [-0.2, -0.15) is 0 Å². The van der Waals surface area contributed by atoms with Crippen molar-refractivity contribution < 1.29 is 0 Å². The molecule has 0 aromatic carbocycles. The van der Waals surface area contributed by atoms with Crippen LogP contribution >= 0.6 is 0 Å². The topological polar surface area (TPSA) is 47.1 Å². The highest BCUT2D eigenvalue weighted by Crippen LogP contribution is 2.21. The van der Waals surface area contributed by atoms with Gasteiger partial charge in [0.2, 0.25) is 0 Å². The van der Waals surface area contributed by atoms with E-state index in [-0.39, 0.29) is 0 Å². The van der Waals surface area contributed by atoms with Gasteiger partial charge in [-0.3, -0.25) is 4.90 Å². The first kappa shape index (κ1) is 13.6. The molecule has 2 rings (SSSR count). The number of likely N-dealkylation sites (tertiary alicyclic amines) is 1. The van der Waals surface area contributed by atoms with Gasteiger partial charge in [0, 0.05) is 18.8 Å². The van der Waals surface area contributed by atoms with Crippen LogP contribution < -0.4 is 5.73 Å². The van der Waals surface area contributed by atoms with E-state index in [1.807, 2.05) is 12.5 Å². The van der Waals surface area contributed by atoms with Gasteiger partial charge in [0.1, 0.15) is 0 Å². The highest BCUT2D eigenvalue weighted by Gasteiger charge is 2.19. The molecule has 102 valence electrons. The molecule has 0 radical (unpaired) electrons. The second kappa shape index (κ2) is 6.34. The van der Waals surface area contributed by atoms with Crippen molar-refractivity contribution in [1.82, 2.24) is 14.5 Å². The van der Waals surface area contributed by atoms with Crippen molar-refractivity contribution >= 4 is 0 Å². The van der Waals surface area contributed by atoms with Crippen molar-refractivity contribution in [2.24, 2.45) is 11.7 Å². The van der Waals surface area contributed by atoms with E-state index in [1.54, 1.807) is 0 Å². The van der Waals surface area contributed by atoms with E-state index in [0.717, 1.165) is 19.0 Å². The quantitative estimate of drug-likeness (QED) is 0.869. The number of hydrogen-bond donors (Lipinski definition) is 1. The first-order valence-electron chi connectivity index (χ1n) is 7.14. The van der Waals surface area contributed by atoms with Crippen LogP contribution in [0.15, 0.2) is 12.5 Å². The summed E-state index contributed by atoms with van der Waals surface area (Å²) in [6, 6.07) is 0.497. The predicted octanol–water partition coefficient (Wildman–Crippen LogP) is 2.02. The number of nitrogens with zero attached hydrogens (tertiary/aromatic N) is 3. The van der Waals surface area contributed by atoms with Gasteiger partial charge < -0.3 is 10.3 Å². The van der Waals surface area contributed by atoms with Crippen molar-refractivity contribution in [2.45, 2.75) is 45.7 Å². The summed E-state index contributed by atoms with van der Waals surface area (Å²) in [7, 11) is 0. The van der Waals surface area contributed by atoms with Crippen LogP contribution in [0.1, 0.15) is 44.8 Å². The van der Waals surface area contributed by atoms with Crippen molar-refractivity contribution in [3.05, 3.63) is 18.2 Å². The molecule has 0 atom stereocenters. The highest BCUT2D eigenvalue weighted by atomic mass is 15.2. The summed E-state index contributed by atoms with van der Waals surface area (Å²) in [5, 5.41) is 0. The zero-order valence-corrected chi connectivity index (χ0v) is 11.7. The van der Waals surface area contributed by atoms with Crippen LogP contribution in [0.5, 0.6) is 0 Å². The fourth-order valence-electron chi connectivity index (χ4n) is 2.82. The van der Waals surface area contributed by atoms with Crippen LogP contribution in [0.4, 0.5) is 0 Å². The first-order valence-corrected chi connectivity index (χ1v) is 7.14. The number of nitrogens with two attached hydrogens (primary N) is 1. The summed E-state index contributed by atoms with van der Waals surface area (Å²) < 4.78 is 2.27. The maximum atomic E-state index is 5.63. The molecule has 1 aliphatic rings. The highest BCUT2D eigenvalue weighted by molar-refractivity contribution is 5.00. The second-order valence-electron chi connectivity index (χ2n) is 5.68. The van der Waals surface area contributed by atoms with Crippen LogP contribution in [0.2, 0.25) is 0 Å². The molecule has 0 amide bonds. The van der Waals surface area contributed by atoms with E-state index in [9.17, 15) is 0 Å². The third-order valence-electron chi connectivity index (χ3n) is 3.97. The Kier molecular flexibility index (Phi) is 4.78. The fraction of sp³-hybridized carbons (Fsp3) is 0.786. The van der Waals surface area contributed by atoms with Crippen LogP contribution in [0, 0.1) is 5.92 Å². The zero-order valence-electron chi connectivity index (χ0n) is 11.7. The summed E-state index contributed by atoms with van der Waals surface area (Å²) in [4.78, 5) is 6.82. The Bertz CT molecular complexity index is 350. The smallest absolute Gasteiger partial charge is 0.0951 e. The number of aromatic nitrogens is 2. The average Bonchev–Trinajstić information content (AvgIpc) is 2.80. The molecule has 1 aliphatic heterocycles. The maximum Gasteiger partial charge on any atom is 0.0951 e. The molecule has 0 bridgehead atoms. The largest absolute Gasteiger partial charge is 0.331 e. The number of imidazole rings is 1. The molecule has 18 heavy (non-hydrogen) atoms. The average molecular weight is 250 g/mol. The van der Waals surface area contributed by atoms with Crippen molar-refractivity contribution in [3.8, 4) is 0 Å². The van der Waals surface area contributed by atoms with Crippen LogP contribution in [0.3, 0.4) is 0 Å². The molecular formula is C14H26N4. The SMILES string of the molecule is CC(C)n1cncc1CN1CCC(CCN)CC1. The lowest BCUT2D eigenvalue weighted by Gasteiger charge is -2.32. The Morgan fingerprint density at radius 2 is 2.11 bits per heavy atom. The van der Waals surface area contributed by atoms with Gasteiger partial charge in [-0.1, -0.05) is 0 Å². The molecule has 4 nitrogen and oxygen atoms in total. The molecule has 1 fully saturated rings. The molecule has 0 aliphatic carbocycles. The lowest BCUT2D eigenvalue weighted by molar-refractivity contribution is 0.169. The van der Waals surface area contributed by atoms with Gasteiger partial charge in [0.25, 0.3) is 0 Å². The zero-order chi connectivity index (χ0) is 13.0. The Morgan fingerprint density at radius 3 is 2.72 bits per heavy atom. The van der Waals surface area contributed by atoms with Gasteiger partial charge in [-0.05, 0) is 58.7 Å². The second-order valence-corrected chi connectivity index (χ2v) is 5.68. The van der Waals surface area contributed by atoms with E-state index >= 15 is 0 Å². The molecule has 1 aromatic heterocycles. The van der Waals surface area contributed by atoms with Gasteiger partial charge in [0.15, 0.2) is 0 Å². The minimum atomic E-state index is 0.497. The number of rotatable bonds is 5. The first-order chi connectivity index (χ1) is 8.70. The standard InChI is InChI=1S/C14H26N4/c1-12(2)18-11-16-9-14(18)10-17-7-4-13(3-6-15)5-8-17/h9,11-13H,3-8,10,15H2,1-2H3. The summed E-state index contributed by atoms with van der Waals surface area (Å²) in [6.07, 6.45) is 7.74. The van der Waals surface area contributed by atoms with E-state index in [4.69, 9.17) is 5.73 Å². The molecular weight excluding hydrogens is 224 g/mol. The lowest BCUT2D eigenvalue weighted by Crippen LogP contribution is -2.34. The molecule has 1 saturated heterocycles. The molecule has 0 unspecified atom stereocenters. The summed E-state index contributed by atoms with van der Waals surface area (Å²) in [5.74, 6) is 0.848. The predicted molar refractivity (Wildman–Crippen MR) is 74.3 cm³/mol. The summed E-state index contributed by atoms with van der Waals surface area (Å²) in [6.45, 7) is 8.69. The minimum absolute atomic E-state index is 0.497. The molecule has 0 saturated carbocycles. The summed E-state index contributed by atoms with van der Waals surface area (Å²) in [5.41, 5.74) is 6.97. The van der Waals surface area contributed by atoms with Gasteiger partial charge in [0.05, 0.1) is 12.0 Å². The van der Waals surface area contributed by atoms with Gasteiger partial charge >= 0.3 is 0 Å². The van der Waals surface area contributed by atoms with Crippen molar-refractivity contribution in [3.63, 3.8) is 0 Å². The number of hydrogen-bond acceptors (Lipinski definition) is 3. The normalized spacial score (nSPS) is 18.7. The Morgan fingerprint density at radius 1 is 1.39 bits per heavy atom.